The largest absolute Gasteiger partial charge is 2.00 e. The van der Waals surface area contributed by atoms with E-state index in [9.17, 15) is 0 Å². The van der Waals surface area contributed by atoms with E-state index >= 15 is 0 Å². The summed E-state index contributed by atoms with van der Waals surface area (Å²) in [5.74, 6) is 0. The van der Waals surface area contributed by atoms with Crippen LogP contribution in [0.25, 0.3) is 0 Å². The van der Waals surface area contributed by atoms with E-state index in [1.807, 2.05) is 24.3 Å². The summed E-state index contributed by atoms with van der Waals surface area (Å²) in [4.78, 5) is 4.15. The van der Waals surface area contributed by atoms with Gasteiger partial charge in [-0.2, -0.15) is 0 Å². The maximum atomic E-state index is 5.04. The summed E-state index contributed by atoms with van der Waals surface area (Å²) in [6.45, 7) is 7.12. The molecule has 0 unspecified atom stereocenters. The molecule has 0 heterocycles. The van der Waals surface area contributed by atoms with E-state index in [0.717, 1.165) is 12.1 Å². The van der Waals surface area contributed by atoms with Gasteiger partial charge in [0.1, 0.15) is 0 Å². The fourth-order valence-corrected chi connectivity index (χ4v) is 1.07. The molecule has 5 heteroatoms. The molecule has 1 radical (unpaired) electrons. The normalized spacial score (nSPS) is 9.12. The number of aliphatic imine (C=N–C) groups is 1. The molecular weight excluding hydrogens is 398 g/mol. The zero-order valence-corrected chi connectivity index (χ0v) is 12.3. The first kappa shape index (κ1) is 18.8. The van der Waals surface area contributed by atoms with Crippen molar-refractivity contribution in [1.29, 1.82) is 0 Å². The smallest absolute Gasteiger partial charge is 0.432 e. The SMILES string of the molecule is [CH-]=NN(C)[C-]=Nc1ccccc1CC.[V+2].[Yb]. The van der Waals surface area contributed by atoms with Crippen molar-refractivity contribution in [2.45, 2.75) is 13.3 Å². The Labute approximate surface area is 148 Å². The van der Waals surface area contributed by atoms with Gasteiger partial charge in [-0.25, -0.2) is 0 Å². The standard InChI is InChI=1S/C11H13N3.V.Yb/c1-4-10-7-5-6-8-11(10)13-9-14(3)12-2;;/h2,5-8H,4H2,1,3H3;;/q-2;+2;. The molecule has 0 saturated carbocycles. The van der Waals surface area contributed by atoms with Crippen LogP contribution in [0, 0.1) is 46.9 Å². The van der Waals surface area contributed by atoms with Crippen molar-refractivity contribution in [1.82, 2.24) is 5.01 Å². The molecule has 0 aliphatic carbocycles. The van der Waals surface area contributed by atoms with Gasteiger partial charge >= 0.3 is 18.6 Å². The monoisotopic (exact) mass is 412 g/mol. The van der Waals surface area contributed by atoms with Crippen LogP contribution in [0.5, 0.6) is 0 Å². The number of rotatable bonds is 4. The van der Waals surface area contributed by atoms with Gasteiger partial charge in [-0.05, 0) is 6.42 Å². The Morgan fingerprint density at radius 2 is 2.00 bits per heavy atom. The number of aryl methyl sites for hydroxylation is 1. The molecular formula is C11H13N3VYb. The van der Waals surface area contributed by atoms with Crippen LogP contribution in [0.15, 0.2) is 34.4 Å². The third-order valence-corrected chi connectivity index (χ3v) is 1.86. The number of hydrogen-bond donors (Lipinski definition) is 0. The van der Waals surface area contributed by atoms with E-state index < -0.39 is 0 Å². The van der Waals surface area contributed by atoms with Crippen LogP contribution < -0.4 is 0 Å². The van der Waals surface area contributed by atoms with Crippen LogP contribution in [0.1, 0.15) is 12.5 Å². The average molecular weight is 411 g/mol. The average Bonchev–Trinajstić information content (AvgIpc) is 2.26. The topological polar surface area (TPSA) is 28.0 Å². The summed E-state index contributed by atoms with van der Waals surface area (Å²) in [6.07, 6.45) is 3.64. The summed E-state index contributed by atoms with van der Waals surface area (Å²) in [6, 6.07) is 7.92. The molecule has 0 bridgehead atoms. The van der Waals surface area contributed by atoms with Gasteiger partial charge in [-0.15, -0.1) is 11.6 Å². The first-order valence-electron chi connectivity index (χ1n) is 4.46. The summed E-state index contributed by atoms with van der Waals surface area (Å²) < 4.78 is 0. The Kier molecular flexibility index (Phi) is 12.5. The molecule has 0 amide bonds. The molecule has 1 aromatic carbocycles. The summed E-state index contributed by atoms with van der Waals surface area (Å²) in [5.41, 5.74) is 2.09. The first-order chi connectivity index (χ1) is 6.77. The maximum absolute atomic E-state index is 5.04. The van der Waals surface area contributed by atoms with Crippen molar-refractivity contribution in [3.05, 3.63) is 29.8 Å². The van der Waals surface area contributed by atoms with E-state index in [0.29, 0.717) is 0 Å². The van der Waals surface area contributed by atoms with Gasteiger partial charge in [0.15, 0.2) is 0 Å². The van der Waals surface area contributed by atoms with E-state index in [4.69, 9.17) is 6.72 Å². The third-order valence-electron chi connectivity index (χ3n) is 1.86. The fourth-order valence-electron chi connectivity index (χ4n) is 1.07. The zero-order chi connectivity index (χ0) is 10.4. The van der Waals surface area contributed by atoms with Gasteiger partial charge in [0.05, 0.1) is 0 Å². The molecule has 16 heavy (non-hydrogen) atoms. The van der Waals surface area contributed by atoms with E-state index in [1.165, 1.54) is 10.6 Å². The van der Waals surface area contributed by atoms with Gasteiger partial charge in [0.25, 0.3) is 0 Å². The van der Waals surface area contributed by atoms with Gasteiger partial charge < -0.3 is 21.8 Å². The number of nitrogens with zero attached hydrogens (tertiary/aromatic N) is 3. The second-order valence-electron chi connectivity index (χ2n) is 2.83. The van der Waals surface area contributed by atoms with Crippen LogP contribution in [-0.4, -0.2) is 25.1 Å². The minimum atomic E-state index is 0. The summed E-state index contributed by atoms with van der Waals surface area (Å²) in [7, 11) is 1.68. The predicted octanol–water partition coefficient (Wildman–Crippen LogP) is 2.21. The number of para-hydroxylation sites is 1. The number of hydrazone groups is 1. The second-order valence-corrected chi connectivity index (χ2v) is 2.83. The van der Waals surface area contributed by atoms with Gasteiger partial charge in [0.2, 0.25) is 0 Å². The fraction of sp³-hybridized carbons (Fsp3) is 0.273. The van der Waals surface area contributed by atoms with Crippen molar-refractivity contribution in [2.24, 2.45) is 10.1 Å². The predicted molar refractivity (Wildman–Crippen MR) is 59.2 cm³/mol. The number of hydrogen-bond acceptors (Lipinski definition) is 2. The van der Waals surface area contributed by atoms with Crippen LogP contribution in [0.3, 0.4) is 0 Å². The van der Waals surface area contributed by atoms with Crippen LogP contribution in [0.4, 0.5) is 5.69 Å². The van der Waals surface area contributed by atoms with E-state index in [2.05, 4.69) is 23.4 Å². The third kappa shape index (κ3) is 6.26. The minimum absolute atomic E-state index is 0. The van der Waals surface area contributed by atoms with Gasteiger partial charge in [0, 0.05) is 54.0 Å². The molecule has 0 fully saturated rings. The summed E-state index contributed by atoms with van der Waals surface area (Å²) in [5, 5.41) is 4.73. The minimum Gasteiger partial charge on any atom is -0.432 e. The molecule has 0 aliphatic heterocycles. The van der Waals surface area contributed by atoms with E-state index in [-0.39, 0.29) is 65.5 Å². The Morgan fingerprint density at radius 3 is 2.56 bits per heavy atom. The molecule has 1 rings (SSSR count). The first-order valence-corrected chi connectivity index (χ1v) is 4.46. The van der Waals surface area contributed by atoms with Gasteiger partial charge in [-0.1, -0.05) is 37.1 Å². The van der Waals surface area contributed by atoms with Crippen molar-refractivity contribution in [3.8, 4) is 0 Å². The molecule has 0 atom stereocenters. The van der Waals surface area contributed by atoms with Crippen LogP contribution in [0.2, 0.25) is 0 Å². The van der Waals surface area contributed by atoms with Crippen molar-refractivity contribution < 1.29 is 65.5 Å². The van der Waals surface area contributed by atoms with E-state index in [1.54, 1.807) is 7.05 Å². The molecule has 0 aromatic heterocycles. The van der Waals surface area contributed by atoms with Crippen LogP contribution >= 0.6 is 0 Å². The Balaban J connectivity index is 0. The number of benzene rings is 1. The van der Waals surface area contributed by atoms with Gasteiger partial charge in [-0.3, -0.25) is 0 Å². The molecule has 3 nitrogen and oxygen atoms in total. The molecule has 1 aromatic rings. The molecule has 0 aliphatic rings. The van der Waals surface area contributed by atoms with Crippen molar-refractivity contribution in [2.75, 3.05) is 7.05 Å². The molecule has 91 valence electrons. The maximum Gasteiger partial charge on any atom is 2.00 e. The molecule has 0 saturated heterocycles. The Bertz CT molecular complexity index is 342. The molecule has 0 spiro atoms. The van der Waals surface area contributed by atoms with Crippen molar-refractivity contribution >= 4 is 18.7 Å². The zero-order valence-electron chi connectivity index (χ0n) is 9.15. The Hall–Kier alpha value is 0.464. The van der Waals surface area contributed by atoms with Crippen LogP contribution in [-0.2, 0) is 25.0 Å². The second kappa shape index (κ2) is 10.6. The quantitative estimate of drug-likeness (QED) is 0.246. The molecule has 0 N–H and O–H groups in total. The summed E-state index contributed by atoms with van der Waals surface area (Å²) >= 11 is 0. The van der Waals surface area contributed by atoms with Crippen molar-refractivity contribution in [3.63, 3.8) is 0 Å². The Morgan fingerprint density at radius 1 is 1.38 bits per heavy atom.